The molecule has 1 N–H and O–H groups in total. The van der Waals surface area contributed by atoms with Crippen LogP contribution in [0.15, 0.2) is 54.6 Å². The summed E-state index contributed by atoms with van der Waals surface area (Å²) in [7, 11) is 1.65. The van der Waals surface area contributed by atoms with Gasteiger partial charge in [0.1, 0.15) is 17.4 Å². The van der Waals surface area contributed by atoms with Gasteiger partial charge in [-0.25, -0.2) is 9.78 Å². The van der Waals surface area contributed by atoms with Crippen molar-refractivity contribution >= 4 is 33.7 Å². The number of hydrogen-bond donors (Lipinski definition) is 1. The van der Waals surface area contributed by atoms with Gasteiger partial charge >= 0.3 is 6.09 Å². The summed E-state index contributed by atoms with van der Waals surface area (Å²) in [6.07, 6.45) is 4.26. The lowest BCUT2D eigenvalue weighted by molar-refractivity contribution is 0.140. The third kappa shape index (κ3) is 5.07. The van der Waals surface area contributed by atoms with Crippen molar-refractivity contribution in [3.8, 4) is 5.75 Å². The molecule has 26 heavy (non-hydrogen) atoms. The summed E-state index contributed by atoms with van der Waals surface area (Å²) in [6.45, 7) is 0.792. The molecule has 0 aliphatic rings. The summed E-state index contributed by atoms with van der Waals surface area (Å²) >= 11 is 1.61. The van der Waals surface area contributed by atoms with E-state index in [1.165, 1.54) is 0 Å². The second-order valence-corrected chi connectivity index (χ2v) is 6.63. The molecule has 134 valence electrons. The van der Waals surface area contributed by atoms with Gasteiger partial charge in [0.15, 0.2) is 0 Å². The Balaban J connectivity index is 1.41. The number of hydrogen-bond acceptors (Lipinski definition) is 5. The van der Waals surface area contributed by atoms with Gasteiger partial charge in [0.2, 0.25) is 0 Å². The molecule has 0 saturated heterocycles. The molecule has 1 aromatic heterocycles. The van der Waals surface area contributed by atoms with Crippen LogP contribution >= 0.6 is 11.3 Å². The fourth-order valence-electron chi connectivity index (χ4n) is 2.34. The predicted octanol–water partition coefficient (Wildman–Crippen LogP) is 4.63. The van der Waals surface area contributed by atoms with Crippen LogP contribution in [0.25, 0.3) is 16.3 Å². The van der Waals surface area contributed by atoms with Gasteiger partial charge in [0.05, 0.1) is 17.3 Å². The standard InChI is InChI=1S/C20H20N2O3S/c1-24-16-10-11-17-18(13-16)26-19(22-17)9-5-6-12-21-20(23)25-14-15-7-3-2-4-8-15/h2-5,7-11,13H,6,12,14H2,1H3,(H,21,23). The van der Waals surface area contributed by atoms with E-state index in [0.29, 0.717) is 13.0 Å². The van der Waals surface area contributed by atoms with Gasteiger partial charge in [0.25, 0.3) is 0 Å². The number of ether oxygens (including phenoxy) is 2. The van der Waals surface area contributed by atoms with Crippen LogP contribution in [-0.4, -0.2) is 24.7 Å². The van der Waals surface area contributed by atoms with Gasteiger partial charge in [-0.1, -0.05) is 36.4 Å². The van der Waals surface area contributed by atoms with E-state index in [1.54, 1.807) is 18.4 Å². The third-order valence-corrected chi connectivity index (χ3v) is 4.65. The van der Waals surface area contributed by atoms with Crippen molar-refractivity contribution < 1.29 is 14.3 Å². The highest BCUT2D eigenvalue weighted by atomic mass is 32.1. The second kappa shape index (κ2) is 9.01. The van der Waals surface area contributed by atoms with E-state index in [0.717, 1.165) is 26.5 Å². The zero-order chi connectivity index (χ0) is 18.2. The molecule has 3 aromatic rings. The highest BCUT2D eigenvalue weighted by Crippen LogP contribution is 2.26. The Kier molecular flexibility index (Phi) is 6.22. The molecule has 0 aliphatic carbocycles. The summed E-state index contributed by atoms with van der Waals surface area (Å²) in [5.41, 5.74) is 1.92. The van der Waals surface area contributed by atoms with Gasteiger partial charge in [-0.05, 0) is 36.3 Å². The fraction of sp³-hybridized carbons (Fsp3) is 0.200. The van der Waals surface area contributed by atoms with E-state index in [4.69, 9.17) is 9.47 Å². The van der Waals surface area contributed by atoms with E-state index in [-0.39, 0.29) is 6.61 Å². The maximum atomic E-state index is 11.6. The van der Waals surface area contributed by atoms with Crippen LogP contribution in [0.1, 0.15) is 17.0 Å². The van der Waals surface area contributed by atoms with E-state index < -0.39 is 6.09 Å². The Morgan fingerprint density at radius 3 is 2.88 bits per heavy atom. The van der Waals surface area contributed by atoms with Crippen molar-refractivity contribution in [3.63, 3.8) is 0 Å². The number of nitrogens with zero attached hydrogens (tertiary/aromatic N) is 1. The van der Waals surface area contributed by atoms with Crippen LogP contribution in [0, 0.1) is 0 Å². The molecule has 0 atom stereocenters. The summed E-state index contributed by atoms with van der Waals surface area (Å²) in [6, 6.07) is 15.4. The molecule has 0 saturated carbocycles. The summed E-state index contributed by atoms with van der Waals surface area (Å²) in [5, 5.41) is 3.67. The lowest BCUT2D eigenvalue weighted by atomic mass is 10.2. The minimum absolute atomic E-state index is 0.275. The Bertz CT molecular complexity index is 890. The number of benzene rings is 2. The quantitative estimate of drug-likeness (QED) is 0.618. The first-order valence-corrected chi connectivity index (χ1v) is 9.12. The first-order valence-electron chi connectivity index (χ1n) is 8.30. The number of aromatic nitrogens is 1. The van der Waals surface area contributed by atoms with Crippen LogP contribution in [0.3, 0.4) is 0 Å². The molecule has 0 bridgehead atoms. The van der Waals surface area contributed by atoms with Gasteiger partial charge < -0.3 is 14.8 Å². The molecule has 2 aromatic carbocycles. The van der Waals surface area contributed by atoms with E-state index >= 15 is 0 Å². The van der Waals surface area contributed by atoms with Gasteiger partial charge in [-0.2, -0.15) is 0 Å². The fourth-order valence-corrected chi connectivity index (χ4v) is 3.26. The van der Waals surface area contributed by atoms with Crippen LogP contribution in [0.2, 0.25) is 0 Å². The van der Waals surface area contributed by atoms with Crippen LogP contribution < -0.4 is 10.1 Å². The minimum atomic E-state index is -0.408. The lowest BCUT2D eigenvalue weighted by Gasteiger charge is -2.05. The van der Waals surface area contributed by atoms with Crippen LogP contribution in [0.4, 0.5) is 4.79 Å². The van der Waals surface area contributed by atoms with Crippen molar-refractivity contribution in [1.29, 1.82) is 0 Å². The SMILES string of the molecule is COc1ccc2nc(C=CCCNC(=O)OCc3ccccc3)sc2c1. The van der Waals surface area contributed by atoms with Crippen molar-refractivity contribution in [2.75, 3.05) is 13.7 Å². The van der Waals surface area contributed by atoms with Gasteiger partial charge in [-0.15, -0.1) is 11.3 Å². The molecule has 0 fully saturated rings. The number of nitrogens with one attached hydrogen (secondary N) is 1. The number of carbonyl (C=O) groups is 1. The molecule has 6 heteroatoms. The molecule has 3 rings (SSSR count). The highest BCUT2D eigenvalue weighted by molar-refractivity contribution is 7.19. The molecule has 5 nitrogen and oxygen atoms in total. The van der Waals surface area contributed by atoms with Gasteiger partial charge in [-0.3, -0.25) is 0 Å². The smallest absolute Gasteiger partial charge is 0.407 e. The number of thiazole rings is 1. The average molecular weight is 368 g/mol. The average Bonchev–Trinajstić information content (AvgIpc) is 3.08. The summed E-state index contributed by atoms with van der Waals surface area (Å²) in [4.78, 5) is 16.2. The molecule has 1 heterocycles. The Morgan fingerprint density at radius 1 is 1.23 bits per heavy atom. The molecule has 1 amide bonds. The molecule has 0 radical (unpaired) electrons. The van der Waals surface area contributed by atoms with Crippen LogP contribution in [-0.2, 0) is 11.3 Å². The van der Waals surface area contributed by atoms with E-state index in [2.05, 4.69) is 10.3 Å². The van der Waals surface area contributed by atoms with Gasteiger partial charge in [0, 0.05) is 6.54 Å². The highest BCUT2D eigenvalue weighted by Gasteiger charge is 2.03. The van der Waals surface area contributed by atoms with Crippen molar-refractivity contribution in [3.05, 3.63) is 65.2 Å². The third-order valence-electron chi connectivity index (χ3n) is 3.67. The topological polar surface area (TPSA) is 60.5 Å². The minimum Gasteiger partial charge on any atom is -0.497 e. The number of amides is 1. The molecule has 0 unspecified atom stereocenters. The van der Waals surface area contributed by atoms with E-state index in [9.17, 15) is 4.79 Å². The lowest BCUT2D eigenvalue weighted by Crippen LogP contribution is -2.24. The Labute approximate surface area is 156 Å². The number of carbonyl (C=O) groups excluding carboxylic acids is 1. The molecule has 0 aliphatic heterocycles. The predicted molar refractivity (Wildman–Crippen MR) is 104 cm³/mol. The normalized spacial score (nSPS) is 11.0. The summed E-state index contributed by atoms with van der Waals surface area (Å²) in [5.74, 6) is 0.829. The molecule has 0 spiro atoms. The molecular weight excluding hydrogens is 348 g/mol. The zero-order valence-corrected chi connectivity index (χ0v) is 15.3. The number of fused-ring (bicyclic) bond motifs is 1. The zero-order valence-electron chi connectivity index (χ0n) is 14.5. The van der Waals surface area contributed by atoms with Crippen molar-refractivity contribution in [2.24, 2.45) is 0 Å². The number of methoxy groups -OCH3 is 1. The van der Waals surface area contributed by atoms with Crippen molar-refractivity contribution in [1.82, 2.24) is 10.3 Å². The van der Waals surface area contributed by atoms with E-state index in [1.807, 2.05) is 60.7 Å². The number of alkyl carbamates (subject to hydrolysis) is 1. The largest absolute Gasteiger partial charge is 0.497 e. The second-order valence-electron chi connectivity index (χ2n) is 5.57. The summed E-state index contributed by atoms with van der Waals surface area (Å²) < 4.78 is 11.5. The Morgan fingerprint density at radius 2 is 2.08 bits per heavy atom. The first-order chi connectivity index (χ1) is 12.7. The Hall–Kier alpha value is -2.86. The maximum absolute atomic E-state index is 11.6. The van der Waals surface area contributed by atoms with Crippen LogP contribution in [0.5, 0.6) is 5.75 Å². The first kappa shape index (κ1) is 17.9. The maximum Gasteiger partial charge on any atom is 0.407 e. The monoisotopic (exact) mass is 368 g/mol. The van der Waals surface area contributed by atoms with Crippen molar-refractivity contribution in [2.45, 2.75) is 13.0 Å². The molecular formula is C20H20N2O3S. The number of rotatable bonds is 7.